The first-order valence-corrected chi connectivity index (χ1v) is 8.51. The van der Waals surface area contributed by atoms with Crippen molar-refractivity contribution in [3.63, 3.8) is 0 Å². The minimum absolute atomic E-state index is 0.0752. The molecule has 2 aromatic rings. The predicted octanol–water partition coefficient (Wildman–Crippen LogP) is 3.10. The third-order valence-electron chi connectivity index (χ3n) is 4.63. The SMILES string of the molecule is [CH2]c1ccccc1C(=O)N1CCN(c2ncc(CC)cc2C)CC1. The van der Waals surface area contributed by atoms with Crippen LogP contribution in [-0.4, -0.2) is 42.0 Å². The number of nitrogens with zero attached hydrogens (tertiary/aromatic N) is 3. The number of carbonyl (C=O) groups excluding carboxylic acids is 1. The van der Waals surface area contributed by atoms with Gasteiger partial charge in [-0.15, -0.1) is 0 Å². The number of aryl methyl sites for hydroxylation is 2. The van der Waals surface area contributed by atoms with E-state index >= 15 is 0 Å². The van der Waals surface area contributed by atoms with E-state index in [0.29, 0.717) is 18.7 Å². The summed E-state index contributed by atoms with van der Waals surface area (Å²) in [5, 5.41) is 0. The number of anilines is 1. The van der Waals surface area contributed by atoms with E-state index in [1.165, 1.54) is 11.1 Å². The van der Waals surface area contributed by atoms with Crippen LogP contribution in [0.4, 0.5) is 5.82 Å². The molecule has 1 aliphatic rings. The van der Waals surface area contributed by atoms with Crippen molar-refractivity contribution in [1.82, 2.24) is 9.88 Å². The summed E-state index contributed by atoms with van der Waals surface area (Å²) in [5.41, 5.74) is 3.96. The van der Waals surface area contributed by atoms with E-state index in [2.05, 4.69) is 36.7 Å². The maximum absolute atomic E-state index is 12.7. The fourth-order valence-electron chi connectivity index (χ4n) is 3.17. The van der Waals surface area contributed by atoms with Crippen molar-refractivity contribution in [2.75, 3.05) is 31.1 Å². The number of hydrogen-bond donors (Lipinski definition) is 0. The average Bonchev–Trinajstić information content (AvgIpc) is 2.61. The number of piperazine rings is 1. The molecule has 0 N–H and O–H groups in total. The third kappa shape index (κ3) is 3.28. The first-order chi connectivity index (χ1) is 11.6. The van der Waals surface area contributed by atoms with Crippen LogP contribution in [0.25, 0.3) is 0 Å². The Morgan fingerprint density at radius 3 is 2.54 bits per heavy atom. The molecule has 1 saturated heterocycles. The lowest BCUT2D eigenvalue weighted by atomic mass is 10.1. The van der Waals surface area contributed by atoms with E-state index in [9.17, 15) is 4.79 Å². The van der Waals surface area contributed by atoms with Crippen molar-refractivity contribution in [1.29, 1.82) is 0 Å². The summed E-state index contributed by atoms with van der Waals surface area (Å²) < 4.78 is 0. The van der Waals surface area contributed by atoms with Crippen molar-refractivity contribution < 1.29 is 4.79 Å². The highest BCUT2D eigenvalue weighted by molar-refractivity contribution is 5.96. The molecule has 0 aliphatic carbocycles. The summed E-state index contributed by atoms with van der Waals surface area (Å²) in [6.45, 7) is 11.3. The highest BCUT2D eigenvalue weighted by atomic mass is 16.2. The predicted molar refractivity (Wildman–Crippen MR) is 97.4 cm³/mol. The largest absolute Gasteiger partial charge is 0.353 e. The second-order valence-corrected chi connectivity index (χ2v) is 6.27. The van der Waals surface area contributed by atoms with Crippen LogP contribution < -0.4 is 4.90 Å². The molecule has 1 aromatic carbocycles. The van der Waals surface area contributed by atoms with Crippen LogP contribution in [0.5, 0.6) is 0 Å². The zero-order valence-electron chi connectivity index (χ0n) is 14.5. The first-order valence-electron chi connectivity index (χ1n) is 8.51. The minimum atomic E-state index is 0.0752. The normalized spacial score (nSPS) is 14.8. The Morgan fingerprint density at radius 1 is 1.21 bits per heavy atom. The standard InChI is InChI=1S/C20H24N3O/c1-4-17-13-16(3)19(21-14-17)22-9-11-23(12-10-22)20(24)18-8-6-5-7-15(18)2/h5-8,13-14H,2,4,9-12H2,1,3H3. The zero-order valence-corrected chi connectivity index (χ0v) is 14.5. The molecule has 0 unspecified atom stereocenters. The van der Waals surface area contributed by atoms with Crippen molar-refractivity contribution in [3.05, 3.63) is 65.7 Å². The van der Waals surface area contributed by atoms with Gasteiger partial charge in [-0.3, -0.25) is 4.79 Å². The van der Waals surface area contributed by atoms with E-state index in [4.69, 9.17) is 0 Å². The van der Waals surface area contributed by atoms with Crippen molar-refractivity contribution in [2.45, 2.75) is 20.3 Å². The summed E-state index contributed by atoms with van der Waals surface area (Å²) in [5.74, 6) is 1.11. The monoisotopic (exact) mass is 322 g/mol. The van der Waals surface area contributed by atoms with Gasteiger partial charge < -0.3 is 9.80 Å². The summed E-state index contributed by atoms with van der Waals surface area (Å²) in [7, 11) is 0. The maximum atomic E-state index is 12.7. The summed E-state index contributed by atoms with van der Waals surface area (Å²) in [6.07, 6.45) is 2.96. The topological polar surface area (TPSA) is 36.4 Å². The van der Waals surface area contributed by atoms with Gasteiger partial charge in [-0.05, 0) is 43.0 Å². The molecule has 125 valence electrons. The Kier molecular flexibility index (Phi) is 4.84. The summed E-state index contributed by atoms with van der Waals surface area (Å²) >= 11 is 0. The van der Waals surface area contributed by atoms with Crippen LogP contribution in [0.15, 0.2) is 36.5 Å². The fourth-order valence-corrected chi connectivity index (χ4v) is 3.17. The molecule has 1 fully saturated rings. The van der Waals surface area contributed by atoms with E-state index in [0.717, 1.165) is 30.9 Å². The molecular weight excluding hydrogens is 298 g/mol. The number of hydrogen-bond acceptors (Lipinski definition) is 3. The molecule has 2 heterocycles. The molecule has 0 bridgehead atoms. The molecule has 1 amide bonds. The van der Waals surface area contributed by atoms with Gasteiger partial charge in [0.2, 0.25) is 0 Å². The Morgan fingerprint density at radius 2 is 1.92 bits per heavy atom. The number of carbonyl (C=O) groups is 1. The van der Waals surface area contributed by atoms with Crippen LogP contribution >= 0.6 is 0 Å². The lowest BCUT2D eigenvalue weighted by Gasteiger charge is -2.36. The van der Waals surface area contributed by atoms with Crippen LogP contribution in [0.2, 0.25) is 0 Å². The van der Waals surface area contributed by atoms with Crippen molar-refractivity contribution in [2.24, 2.45) is 0 Å². The molecular formula is C20H24N3O. The van der Waals surface area contributed by atoms with Crippen LogP contribution in [-0.2, 0) is 6.42 Å². The lowest BCUT2D eigenvalue weighted by Crippen LogP contribution is -2.49. The van der Waals surface area contributed by atoms with E-state index < -0.39 is 0 Å². The second kappa shape index (κ2) is 7.04. The van der Waals surface area contributed by atoms with Gasteiger partial charge in [0, 0.05) is 37.9 Å². The van der Waals surface area contributed by atoms with Gasteiger partial charge in [0.1, 0.15) is 5.82 Å². The van der Waals surface area contributed by atoms with Gasteiger partial charge in [-0.25, -0.2) is 4.98 Å². The quantitative estimate of drug-likeness (QED) is 0.871. The number of aromatic nitrogens is 1. The van der Waals surface area contributed by atoms with Crippen molar-refractivity contribution in [3.8, 4) is 0 Å². The number of pyridine rings is 1. The van der Waals surface area contributed by atoms with E-state index in [1.54, 1.807) is 0 Å². The van der Waals surface area contributed by atoms with Gasteiger partial charge in [0.05, 0.1) is 0 Å². The zero-order chi connectivity index (χ0) is 17.1. The van der Waals surface area contributed by atoms with Gasteiger partial charge in [0.25, 0.3) is 5.91 Å². The third-order valence-corrected chi connectivity index (χ3v) is 4.63. The summed E-state index contributed by atoms with van der Waals surface area (Å²) in [4.78, 5) is 21.5. The molecule has 0 atom stereocenters. The van der Waals surface area contributed by atoms with E-state index in [-0.39, 0.29) is 5.91 Å². The molecule has 4 heteroatoms. The Balaban J connectivity index is 1.68. The lowest BCUT2D eigenvalue weighted by molar-refractivity contribution is 0.0746. The number of amides is 1. The molecule has 0 spiro atoms. The number of benzene rings is 1. The Hall–Kier alpha value is -2.36. The fraction of sp³-hybridized carbons (Fsp3) is 0.350. The Bertz CT molecular complexity index is 733. The average molecular weight is 322 g/mol. The molecule has 4 nitrogen and oxygen atoms in total. The summed E-state index contributed by atoms with van der Waals surface area (Å²) in [6, 6.07) is 9.74. The van der Waals surface area contributed by atoms with Gasteiger partial charge in [-0.2, -0.15) is 0 Å². The Labute approximate surface area is 144 Å². The first kappa shape index (κ1) is 16.5. The molecule has 1 aromatic heterocycles. The van der Waals surface area contributed by atoms with Crippen LogP contribution in [0.1, 0.15) is 34.0 Å². The number of rotatable bonds is 3. The van der Waals surface area contributed by atoms with Gasteiger partial charge >= 0.3 is 0 Å². The van der Waals surface area contributed by atoms with Crippen LogP contribution in [0, 0.1) is 13.8 Å². The maximum Gasteiger partial charge on any atom is 0.254 e. The molecule has 3 rings (SSSR count). The van der Waals surface area contributed by atoms with Crippen LogP contribution in [0.3, 0.4) is 0 Å². The second-order valence-electron chi connectivity index (χ2n) is 6.27. The van der Waals surface area contributed by atoms with Gasteiger partial charge in [0.15, 0.2) is 0 Å². The highest BCUT2D eigenvalue weighted by Gasteiger charge is 2.24. The van der Waals surface area contributed by atoms with Gasteiger partial charge in [-0.1, -0.05) is 31.2 Å². The minimum Gasteiger partial charge on any atom is -0.353 e. The van der Waals surface area contributed by atoms with E-state index in [1.807, 2.05) is 35.4 Å². The highest BCUT2D eigenvalue weighted by Crippen LogP contribution is 2.21. The smallest absolute Gasteiger partial charge is 0.254 e. The molecule has 24 heavy (non-hydrogen) atoms. The molecule has 0 saturated carbocycles. The molecule has 1 radical (unpaired) electrons. The van der Waals surface area contributed by atoms with Crippen molar-refractivity contribution >= 4 is 11.7 Å². The molecule has 1 aliphatic heterocycles.